The van der Waals surface area contributed by atoms with Crippen molar-refractivity contribution in [1.29, 1.82) is 0 Å². The van der Waals surface area contributed by atoms with Gasteiger partial charge in [0, 0.05) is 13.1 Å². The number of halogens is 3. The molecule has 1 atom stereocenters. The van der Waals surface area contributed by atoms with Crippen molar-refractivity contribution >= 4 is 15.9 Å². The average Bonchev–Trinajstić information content (AvgIpc) is 3.05. The third kappa shape index (κ3) is 5.20. The minimum absolute atomic E-state index is 0.0162. The van der Waals surface area contributed by atoms with Gasteiger partial charge in [-0.2, -0.15) is 17.5 Å². The zero-order valence-electron chi connectivity index (χ0n) is 14.6. The third-order valence-corrected chi connectivity index (χ3v) is 6.40. The SMILES string of the molecule is CCCS(=O)(=O)N1CCCC1C(=O)NCCc1ccc(C(F)(F)F)cc1. The molecule has 1 fully saturated rings. The summed E-state index contributed by atoms with van der Waals surface area (Å²) in [5, 5.41) is 2.69. The molecule has 26 heavy (non-hydrogen) atoms. The Hall–Kier alpha value is -1.61. The molecule has 0 aliphatic carbocycles. The van der Waals surface area contributed by atoms with Crippen LogP contribution in [0.25, 0.3) is 0 Å². The molecule has 1 aliphatic heterocycles. The highest BCUT2D eigenvalue weighted by atomic mass is 32.2. The van der Waals surface area contributed by atoms with Crippen molar-refractivity contribution in [2.45, 2.75) is 44.8 Å². The van der Waals surface area contributed by atoms with Crippen LogP contribution in [0.4, 0.5) is 13.2 Å². The molecule has 1 aromatic carbocycles. The van der Waals surface area contributed by atoms with Crippen LogP contribution in [0.2, 0.25) is 0 Å². The van der Waals surface area contributed by atoms with E-state index in [0.717, 1.165) is 12.1 Å². The number of nitrogens with one attached hydrogen (secondary N) is 1. The topological polar surface area (TPSA) is 66.5 Å². The van der Waals surface area contributed by atoms with Gasteiger partial charge in [0.1, 0.15) is 6.04 Å². The van der Waals surface area contributed by atoms with Crippen molar-refractivity contribution in [3.8, 4) is 0 Å². The number of carbonyl (C=O) groups excluding carboxylic acids is 1. The highest BCUT2D eigenvalue weighted by Crippen LogP contribution is 2.29. The second-order valence-corrected chi connectivity index (χ2v) is 8.36. The molecular weight excluding hydrogens is 369 g/mol. The largest absolute Gasteiger partial charge is 0.416 e. The Bertz CT molecular complexity index is 718. The van der Waals surface area contributed by atoms with Gasteiger partial charge in [-0.05, 0) is 43.4 Å². The summed E-state index contributed by atoms with van der Waals surface area (Å²) < 4.78 is 63.3. The lowest BCUT2D eigenvalue weighted by molar-refractivity contribution is -0.137. The van der Waals surface area contributed by atoms with Crippen LogP contribution in [0.1, 0.15) is 37.3 Å². The van der Waals surface area contributed by atoms with E-state index in [-0.39, 0.29) is 18.2 Å². The summed E-state index contributed by atoms with van der Waals surface area (Å²) in [5.74, 6) is -0.336. The second-order valence-electron chi connectivity index (χ2n) is 6.32. The van der Waals surface area contributed by atoms with Crippen LogP contribution < -0.4 is 5.32 Å². The monoisotopic (exact) mass is 392 g/mol. The van der Waals surface area contributed by atoms with Crippen LogP contribution >= 0.6 is 0 Å². The molecule has 1 amide bonds. The number of hydrogen-bond donors (Lipinski definition) is 1. The molecule has 1 aromatic rings. The Morgan fingerprint density at radius 2 is 1.92 bits per heavy atom. The van der Waals surface area contributed by atoms with Gasteiger partial charge >= 0.3 is 6.18 Å². The van der Waals surface area contributed by atoms with E-state index in [1.807, 2.05) is 0 Å². The summed E-state index contributed by atoms with van der Waals surface area (Å²) in [4.78, 5) is 12.3. The number of amides is 1. The molecule has 0 aromatic heterocycles. The number of alkyl halides is 3. The van der Waals surface area contributed by atoms with Gasteiger partial charge in [0.2, 0.25) is 15.9 Å². The first kappa shape index (κ1) is 20.7. The average molecular weight is 392 g/mol. The van der Waals surface area contributed by atoms with Crippen LogP contribution in [0, 0.1) is 0 Å². The summed E-state index contributed by atoms with van der Waals surface area (Å²) in [7, 11) is -3.43. The Morgan fingerprint density at radius 3 is 2.50 bits per heavy atom. The van der Waals surface area contributed by atoms with Crippen molar-refractivity contribution in [2.75, 3.05) is 18.8 Å². The van der Waals surface area contributed by atoms with Crippen molar-refractivity contribution in [1.82, 2.24) is 9.62 Å². The lowest BCUT2D eigenvalue weighted by atomic mass is 10.1. The highest BCUT2D eigenvalue weighted by Gasteiger charge is 2.37. The molecule has 5 nitrogen and oxygen atoms in total. The van der Waals surface area contributed by atoms with Crippen molar-refractivity contribution in [3.63, 3.8) is 0 Å². The van der Waals surface area contributed by atoms with E-state index in [0.29, 0.717) is 37.8 Å². The maximum absolute atomic E-state index is 12.5. The van der Waals surface area contributed by atoms with E-state index < -0.39 is 27.8 Å². The van der Waals surface area contributed by atoms with E-state index >= 15 is 0 Å². The fourth-order valence-electron chi connectivity index (χ4n) is 3.02. The van der Waals surface area contributed by atoms with Gasteiger partial charge in [-0.15, -0.1) is 0 Å². The molecule has 146 valence electrons. The number of rotatable bonds is 7. The summed E-state index contributed by atoms with van der Waals surface area (Å²) >= 11 is 0. The summed E-state index contributed by atoms with van der Waals surface area (Å²) in [6.07, 6.45) is -2.39. The number of benzene rings is 1. The van der Waals surface area contributed by atoms with Crippen molar-refractivity contribution in [3.05, 3.63) is 35.4 Å². The zero-order valence-corrected chi connectivity index (χ0v) is 15.4. The number of nitrogens with zero attached hydrogens (tertiary/aromatic N) is 1. The molecule has 0 spiro atoms. The molecule has 1 unspecified atom stereocenters. The number of hydrogen-bond acceptors (Lipinski definition) is 3. The summed E-state index contributed by atoms with van der Waals surface area (Å²) in [5.41, 5.74) is -0.0480. The van der Waals surface area contributed by atoms with E-state index in [1.54, 1.807) is 6.92 Å². The fourth-order valence-corrected chi connectivity index (χ4v) is 4.77. The number of carbonyl (C=O) groups is 1. The van der Waals surface area contributed by atoms with E-state index in [1.165, 1.54) is 16.4 Å². The summed E-state index contributed by atoms with van der Waals surface area (Å²) in [6, 6.07) is 4.07. The number of sulfonamides is 1. The molecule has 0 radical (unpaired) electrons. The third-order valence-electron chi connectivity index (χ3n) is 4.32. The minimum atomic E-state index is -4.37. The van der Waals surface area contributed by atoms with Crippen LogP contribution in [0.15, 0.2) is 24.3 Å². The second kappa shape index (κ2) is 8.39. The van der Waals surface area contributed by atoms with E-state index in [2.05, 4.69) is 5.32 Å². The Labute approximate surface area is 151 Å². The van der Waals surface area contributed by atoms with Crippen molar-refractivity contribution in [2.24, 2.45) is 0 Å². The van der Waals surface area contributed by atoms with Crippen molar-refractivity contribution < 1.29 is 26.4 Å². The first-order chi connectivity index (χ1) is 12.1. The predicted octanol–water partition coefficient (Wildman–Crippen LogP) is 2.57. The molecule has 9 heteroatoms. The quantitative estimate of drug-likeness (QED) is 0.776. The zero-order chi connectivity index (χ0) is 19.4. The molecule has 1 aliphatic rings. The molecule has 1 heterocycles. The molecular formula is C17H23F3N2O3S. The van der Waals surface area contributed by atoms with Crippen LogP contribution in [0.3, 0.4) is 0 Å². The van der Waals surface area contributed by atoms with Gasteiger partial charge in [0.15, 0.2) is 0 Å². The van der Waals surface area contributed by atoms with Crippen LogP contribution in [0.5, 0.6) is 0 Å². The van der Waals surface area contributed by atoms with Gasteiger partial charge in [0.05, 0.1) is 11.3 Å². The fraction of sp³-hybridized carbons (Fsp3) is 0.588. The van der Waals surface area contributed by atoms with Gasteiger partial charge < -0.3 is 5.32 Å². The molecule has 2 rings (SSSR count). The Kier molecular flexibility index (Phi) is 6.68. The lowest BCUT2D eigenvalue weighted by Gasteiger charge is -2.23. The lowest BCUT2D eigenvalue weighted by Crippen LogP contribution is -2.46. The standard InChI is InChI=1S/C17H23F3N2O3S/c1-2-12-26(24,25)22-11-3-4-15(22)16(23)21-10-9-13-5-7-14(8-6-13)17(18,19)20/h5-8,15H,2-4,9-12H2,1H3,(H,21,23). The minimum Gasteiger partial charge on any atom is -0.354 e. The molecule has 0 saturated carbocycles. The van der Waals surface area contributed by atoms with E-state index in [4.69, 9.17) is 0 Å². The first-order valence-corrected chi connectivity index (χ1v) is 10.2. The van der Waals surface area contributed by atoms with E-state index in [9.17, 15) is 26.4 Å². The maximum Gasteiger partial charge on any atom is 0.416 e. The first-order valence-electron chi connectivity index (χ1n) is 8.58. The Balaban J connectivity index is 1.88. The predicted molar refractivity (Wildman–Crippen MR) is 92.0 cm³/mol. The van der Waals surface area contributed by atoms with Gasteiger partial charge in [-0.3, -0.25) is 4.79 Å². The van der Waals surface area contributed by atoms with Gasteiger partial charge in [0.25, 0.3) is 0 Å². The highest BCUT2D eigenvalue weighted by molar-refractivity contribution is 7.89. The molecule has 0 bridgehead atoms. The molecule has 1 saturated heterocycles. The Morgan fingerprint density at radius 1 is 1.27 bits per heavy atom. The van der Waals surface area contributed by atoms with Gasteiger partial charge in [-0.1, -0.05) is 19.1 Å². The molecule has 1 N–H and O–H groups in total. The van der Waals surface area contributed by atoms with Crippen LogP contribution in [-0.4, -0.2) is 43.5 Å². The van der Waals surface area contributed by atoms with Gasteiger partial charge in [-0.25, -0.2) is 8.42 Å². The smallest absolute Gasteiger partial charge is 0.354 e. The van der Waals surface area contributed by atoms with Crippen LogP contribution in [-0.2, 0) is 27.4 Å². The normalized spacial score (nSPS) is 18.8. The maximum atomic E-state index is 12.5. The summed E-state index contributed by atoms with van der Waals surface area (Å²) in [6.45, 7) is 2.36.